The molecule has 0 saturated carbocycles. The number of hydrogen-bond acceptors (Lipinski definition) is 5. The average molecular weight is 406 g/mol. The van der Waals surface area contributed by atoms with Crippen LogP contribution < -0.4 is 4.90 Å². The summed E-state index contributed by atoms with van der Waals surface area (Å²) in [5, 5.41) is 11.5. The number of piperazine rings is 1. The highest BCUT2D eigenvalue weighted by Crippen LogP contribution is 2.22. The standard InChI is InChI=1S/C19H20ClN3O3S/c20-18-4-2-1-3-15(18)13-27-14-19(24)22-11-9-21(10-12-22)16-5-7-17(8-6-16)23(25)26/h1-8H,9-14H2. The first-order valence-corrected chi connectivity index (χ1v) is 10.2. The van der Waals surface area contributed by atoms with Crippen molar-refractivity contribution in [2.45, 2.75) is 5.75 Å². The smallest absolute Gasteiger partial charge is 0.269 e. The van der Waals surface area contributed by atoms with Gasteiger partial charge in [0.05, 0.1) is 10.7 Å². The van der Waals surface area contributed by atoms with Crippen molar-refractivity contribution in [1.82, 2.24) is 4.90 Å². The number of nitro benzene ring substituents is 1. The topological polar surface area (TPSA) is 66.7 Å². The largest absolute Gasteiger partial charge is 0.368 e. The Balaban J connectivity index is 1.45. The van der Waals surface area contributed by atoms with Gasteiger partial charge in [-0.3, -0.25) is 14.9 Å². The Morgan fingerprint density at radius 1 is 1.07 bits per heavy atom. The average Bonchev–Trinajstić information content (AvgIpc) is 2.69. The zero-order valence-electron chi connectivity index (χ0n) is 14.7. The molecule has 27 heavy (non-hydrogen) atoms. The van der Waals surface area contributed by atoms with Gasteiger partial charge in [0.1, 0.15) is 0 Å². The van der Waals surface area contributed by atoms with Gasteiger partial charge in [-0.2, -0.15) is 0 Å². The minimum Gasteiger partial charge on any atom is -0.368 e. The van der Waals surface area contributed by atoms with Gasteiger partial charge in [0.25, 0.3) is 5.69 Å². The molecule has 0 aliphatic carbocycles. The lowest BCUT2D eigenvalue weighted by Crippen LogP contribution is -2.49. The van der Waals surface area contributed by atoms with E-state index in [-0.39, 0.29) is 11.6 Å². The third-order valence-corrected chi connectivity index (χ3v) is 5.83. The van der Waals surface area contributed by atoms with Gasteiger partial charge in [-0.25, -0.2) is 0 Å². The van der Waals surface area contributed by atoms with Crippen LogP contribution in [0.3, 0.4) is 0 Å². The molecule has 8 heteroatoms. The third kappa shape index (κ3) is 5.14. The molecule has 2 aromatic rings. The number of nitro groups is 1. The van der Waals surface area contributed by atoms with Gasteiger partial charge in [0, 0.05) is 54.8 Å². The molecule has 1 aliphatic rings. The number of rotatable bonds is 6. The highest BCUT2D eigenvalue weighted by atomic mass is 35.5. The summed E-state index contributed by atoms with van der Waals surface area (Å²) >= 11 is 7.71. The molecule has 3 rings (SSSR count). The fraction of sp³-hybridized carbons (Fsp3) is 0.316. The van der Waals surface area contributed by atoms with Gasteiger partial charge in [0.2, 0.25) is 5.91 Å². The number of nitrogens with zero attached hydrogens (tertiary/aromatic N) is 3. The summed E-state index contributed by atoms with van der Waals surface area (Å²) in [6, 6.07) is 14.2. The molecule has 0 aromatic heterocycles. The fourth-order valence-electron chi connectivity index (χ4n) is 2.95. The maximum Gasteiger partial charge on any atom is 0.269 e. The summed E-state index contributed by atoms with van der Waals surface area (Å²) in [6.45, 7) is 2.75. The van der Waals surface area contributed by atoms with Crippen molar-refractivity contribution < 1.29 is 9.72 Å². The van der Waals surface area contributed by atoms with E-state index in [9.17, 15) is 14.9 Å². The van der Waals surface area contributed by atoms with E-state index in [4.69, 9.17) is 11.6 Å². The summed E-state index contributed by atoms with van der Waals surface area (Å²) in [7, 11) is 0. The number of halogens is 1. The first kappa shape index (κ1) is 19.5. The molecule has 1 heterocycles. The lowest BCUT2D eigenvalue weighted by Gasteiger charge is -2.36. The van der Waals surface area contributed by atoms with E-state index < -0.39 is 4.92 Å². The van der Waals surface area contributed by atoms with Crippen molar-refractivity contribution in [1.29, 1.82) is 0 Å². The number of non-ortho nitro benzene ring substituents is 1. The number of thioether (sulfide) groups is 1. The van der Waals surface area contributed by atoms with Gasteiger partial charge in [0.15, 0.2) is 0 Å². The molecule has 1 saturated heterocycles. The summed E-state index contributed by atoms with van der Waals surface area (Å²) in [5.41, 5.74) is 2.07. The Labute approximate surface area is 167 Å². The zero-order valence-corrected chi connectivity index (χ0v) is 16.3. The van der Waals surface area contributed by atoms with E-state index in [1.807, 2.05) is 29.2 Å². The first-order valence-electron chi connectivity index (χ1n) is 8.63. The maximum atomic E-state index is 12.4. The lowest BCUT2D eigenvalue weighted by molar-refractivity contribution is -0.384. The predicted octanol–water partition coefficient (Wildman–Crippen LogP) is 3.83. The number of anilines is 1. The minimum atomic E-state index is -0.402. The quantitative estimate of drug-likeness (QED) is 0.539. The second kappa shape index (κ2) is 9.10. The second-order valence-corrected chi connectivity index (χ2v) is 7.62. The molecule has 1 amide bonds. The molecule has 0 bridgehead atoms. The van der Waals surface area contributed by atoms with Crippen LogP contribution >= 0.6 is 23.4 Å². The van der Waals surface area contributed by atoms with Crippen molar-refractivity contribution >= 4 is 40.6 Å². The summed E-state index contributed by atoms with van der Waals surface area (Å²) in [5.74, 6) is 1.28. The van der Waals surface area contributed by atoms with Crippen molar-refractivity contribution in [3.8, 4) is 0 Å². The Morgan fingerprint density at radius 2 is 1.74 bits per heavy atom. The highest BCUT2D eigenvalue weighted by Gasteiger charge is 2.21. The Morgan fingerprint density at radius 3 is 2.37 bits per heavy atom. The molecule has 1 fully saturated rings. The molecule has 6 nitrogen and oxygen atoms in total. The van der Waals surface area contributed by atoms with Crippen molar-refractivity contribution in [3.63, 3.8) is 0 Å². The normalized spacial score (nSPS) is 14.3. The second-order valence-electron chi connectivity index (χ2n) is 6.23. The molecular formula is C19H20ClN3O3S. The van der Waals surface area contributed by atoms with E-state index in [0.29, 0.717) is 24.6 Å². The molecule has 142 valence electrons. The molecule has 2 aromatic carbocycles. The van der Waals surface area contributed by atoms with Crippen LogP contribution in [0, 0.1) is 10.1 Å². The highest BCUT2D eigenvalue weighted by molar-refractivity contribution is 7.99. The number of benzene rings is 2. The van der Waals surface area contributed by atoms with Crippen LogP contribution in [0.4, 0.5) is 11.4 Å². The molecule has 0 spiro atoms. The van der Waals surface area contributed by atoms with Gasteiger partial charge in [-0.15, -0.1) is 11.8 Å². The van der Waals surface area contributed by atoms with Crippen LogP contribution in [-0.4, -0.2) is 47.7 Å². The molecule has 0 N–H and O–H groups in total. The van der Waals surface area contributed by atoms with Crippen molar-refractivity contribution in [2.24, 2.45) is 0 Å². The minimum absolute atomic E-state index is 0.0862. The van der Waals surface area contributed by atoms with E-state index in [0.717, 1.165) is 29.4 Å². The fourth-order valence-corrected chi connectivity index (χ4v) is 4.17. The number of hydrogen-bond donors (Lipinski definition) is 0. The van der Waals surface area contributed by atoms with Crippen LogP contribution in [0.1, 0.15) is 5.56 Å². The van der Waals surface area contributed by atoms with Gasteiger partial charge < -0.3 is 9.80 Å². The molecule has 0 radical (unpaired) electrons. The molecule has 1 aliphatic heterocycles. The first-order chi connectivity index (χ1) is 13.0. The monoisotopic (exact) mass is 405 g/mol. The summed E-state index contributed by atoms with van der Waals surface area (Å²) in [4.78, 5) is 26.8. The SMILES string of the molecule is O=C(CSCc1ccccc1Cl)N1CCN(c2ccc([N+](=O)[O-])cc2)CC1. The Hall–Kier alpha value is -2.25. The Kier molecular flexibility index (Phi) is 6.58. The van der Waals surface area contributed by atoms with Crippen molar-refractivity contribution in [2.75, 3.05) is 36.8 Å². The van der Waals surface area contributed by atoms with E-state index in [1.54, 1.807) is 23.9 Å². The maximum absolute atomic E-state index is 12.4. The van der Waals surface area contributed by atoms with Gasteiger partial charge in [-0.1, -0.05) is 29.8 Å². The van der Waals surface area contributed by atoms with Gasteiger partial charge in [-0.05, 0) is 23.8 Å². The van der Waals surface area contributed by atoms with Gasteiger partial charge >= 0.3 is 0 Å². The van der Waals surface area contributed by atoms with Crippen LogP contribution in [0.5, 0.6) is 0 Å². The zero-order chi connectivity index (χ0) is 19.2. The lowest BCUT2D eigenvalue weighted by atomic mass is 10.2. The third-order valence-electron chi connectivity index (χ3n) is 4.50. The molecule has 0 unspecified atom stereocenters. The van der Waals surface area contributed by atoms with Crippen LogP contribution in [0.25, 0.3) is 0 Å². The molecule has 0 atom stereocenters. The van der Waals surface area contributed by atoms with E-state index in [2.05, 4.69) is 4.90 Å². The number of amides is 1. The van der Waals surface area contributed by atoms with Crippen LogP contribution in [0.15, 0.2) is 48.5 Å². The van der Waals surface area contributed by atoms with Crippen molar-refractivity contribution in [3.05, 3.63) is 69.2 Å². The molecular weight excluding hydrogens is 386 g/mol. The number of carbonyl (C=O) groups excluding carboxylic acids is 1. The van der Waals surface area contributed by atoms with Crippen LogP contribution in [-0.2, 0) is 10.5 Å². The van der Waals surface area contributed by atoms with E-state index >= 15 is 0 Å². The van der Waals surface area contributed by atoms with Crippen LogP contribution in [0.2, 0.25) is 5.02 Å². The summed E-state index contributed by atoms with van der Waals surface area (Å²) < 4.78 is 0. The van der Waals surface area contributed by atoms with E-state index in [1.165, 1.54) is 12.1 Å². The summed E-state index contributed by atoms with van der Waals surface area (Å²) in [6.07, 6.45) is 0. The number of carbonyl (C=O) groups is 1. The predicted molar refractivity (Wildman–Crippen MR) is 110 cm³/mol. The Bertz CT molecular complexity index is 808.